The van der Waals surface area contributed by atoms with Crippen molar-refractivity contribution < 1.29 is 4.74 Å². The molecule has 2 atom stereocenters. The van der Waals surface area contributed by atoms with E-state index in [2.05, 4.69) is 65.4 Å². The Morgan fingerprint density at radius 1 is 1.00 bits per heavy atom. The fourth-order valence-electron chi connectivity index (χ4n) is 2.41. The van der Waals surface area contributed by atoms with E-state index in [0.29, 0.717) is 6.61 Å². The molecule has 0 heterocycles. The average molecular weight is 348 g/mol. The van der Waals surface area contributed by atoms with Crippen LogP contribution in [0.3, 0.4) is 0 Å². The van der Waals surface area contributed by atoms with Gasteiger partial charge in [-0.2, -0.15) is 0 Å². The number of rotatable bonds is 6. The molecule has 2 aromatic carbocycles. The second kappa shape index (κ2) is 7.62. The zero-order valence-corrected chi connectivity index (χ0v) is 14.4. The predicted molar refractivity (Wildman–Crippen MR) is 91.7 cm³/mol. The van der Waals surface area contributed by atoms with E-state index in [1.165, 1.54) is 11.1 Å². The van der Waals surface area contributed by atoms with Crippen LogP contribution in [0, 0.1) is 0 Å². The van der Waals surface area contributed by atoms with E-state index in [9.17, 15) is 0 Å². The number of hydrogen-bond acceptors (Lipinski definition) is 2. The van der Waals surface area contributed by atoms with E-state index in [1.54, 1.807) is 0 Å². The molecule has 0 saturated carbocycles. The smallest absolute Gasteiger partial charge is 0.119 e. The number of halogens is 1. The van der Waals surface area contributed by atoms with Crippen molar-refractivity contribution in [3.8, 4) is 5.75 Å². The third kappa shape index (κ3) is 4.32. The molecule has 0 aliphatic carbocycles. The van der Waals surface area contributed by atoms with Crippen LogP contribution in [0.15, 0.2) is 53.0 Å². The van der Waals surface area contributed by atoms with Crippen molar-refractivity contribution in [3.05, 3.63) is 64.1 Å². The van der Waals surface area contributed by atoms with Crippen LogP contribution in [0.2, 0.25) is 0 Å². The first-order chi connectivity index (χ1) is 10.1. The number of benzene rings is 2. The molecule has 0 saturated heterocycles. The highest BCUT2D eigenvalue weighted by Gasteiger charge is 2.13. The van der Waals surface area contributed by atoms with Gasteiger partial charge in [0.05, 0.1) is 6.61 Å². The molecule has 2 nitrogen and oxygen atoms in total. The Bertz CT molecular complexity index is 568. The Balaban J connectivity index is 2.03. The van der Waals surface area contributed by atoms with Crippen molar-refractivity contribution in [2.45, 2.75) is 32.9 Å². The van der Waals surface area contributed by atoms with Gasteiger partial charge in [0, 0.05) is 16.6 Å². The molecule has 0 aromatic heterocycles. The summed E-state index contributed by atoms with van der Waals surface area (Å²) in [5.41, 5.74) is 2.53. The monoisotopic (exact) mass is 347 g/mol. The molecule has 0 amide bonds. The van der Waals surface area contributed by atoms with E-state index >= 15 is 0 Å². The van der Waals surface area contributed by atoms with Crippen molar-refractivity contribution >= 4 is 15.9 Å². The summed E-state index contributed by atoms with van der Waals surface area (Å²) in [7, 11) is 0. The van der Waals surface area contributed by atoms with Gasteiger partial charge >= 0.3 is 0 Å². The van der Waals surface area contributed by atoms with E-state index in [4.69, 9.17) is 4.74 Å². The molecule has 0 fully saturated rings. The molecule has 0 aliphatic heterocycles. The molecule has 1 N–H and O–H groups in total. The summed E-state index contributed by atoms with van der Waals surface area (Å²) in [6, 6.07) is 17.2. The maximum Gasteiger partial charge on any atom is 0.119 e. The van der Waals surface area contributed by atoms with Crippen LogP contribution < -0.4 is 10.1 Å². The number of nitrogens with one attached hydrogen (secondary N) is 1. The summed E-state index contributed by atoms with van der Waals surface area (Å²) in [6.45, 7) is 7.07. The summed E-state index contributed by atoms with van der Waals surface area (Å²) < 4.78 is 6.62. The van der Waals surface area contributed by atoms with Gasteiger partial charge in [-0.05, 0) is 50.1 Å². The van der Waals surface area contributed by atoms with Gasteiger partial charge in [0.1, 0.15) is 5.75 Å². The fourth-order valence-corrected chi connectivity index (χ4v) is 3.03. The molecule has 0 aliphatic rings. The third-order valence-electron chi connectivity index (χ3n) is 3.56. The summed E-state index contributed by atoms with van der Waals surface area (Å²) >= 11 is 3.61. The topological polar surface area (TPSA) is 21.3 Å². The maximum absolute atomic E-state index is 5.48. The number of hydrogen-bond donors (Lipinski definition) is 1. The lowest BCUT2D eigenvalue weighted by atomic mass is 10.0. The molecular weight excluding hydrogens is 326 g/mol. The Morgan fingerprint density at radius 3 is 2.29 bits per heavy atom. The van der Waals surface area contributed by atoms with Crippen LogP contribution >= 0.6 is 15.9 Å². The molecule has 0 bridgehead atoms. The van der Waals surface area contributed by atoms with E-state index in [0.717, 1.165) is 10.2 Å². The normalized spacial score (nSPS) is 13.7. The molecule has 2 aromatic rings. The van der Waals surface area contributed by atoms with Gasteiger partial charge < -0.3 is 10.1 Å². The highest BCUT2D eigenvalue weighted by atomic mass is 79.9. The van der Waals surface area contributed by atoms with Gasteiger partial charge in [0.25, 0.3) is 0 Å². The highest BCUT2D eigenvalue weighted by Crippen LogP contribution is 2.26. The second-order valence-corrected chi connectivity index (χ2v) is 5.99. The van der Waals surface area contributed by atoms with Crippen molar-refractivity contribution in [2.75, 3.05) is 6.61 Å². The van der Waals surface area contributed by atoms with E-state index < -0.39 is 0 Å². The minimum absolute atomic E-state index is 0.280. The van der Waals surface area contributed by atoms with Crippen LogP contribution in [0.1, 0.15) is 44.0 Å². The fraction of sp³-hybridized carbons (Fsp3) is 0.333. The van der Waals surface area contributed by atoms with E-state index in [-0.39, 0.29) is 12.1 Å². The highest BCUT2D eigenvalue weighted by molar-refractivity contribution is 9.10. The van der Waals surface area contributed by atoms with Crippen LogP contribution in [0.5, 0.6) is 5.75 Å². The molecule has 112 valence electrons. The van der Waals surface area contributed by atoms with Gasteiger partial charge in [-0.15, -0.1) is 0 Å². The molecule has 21 heavy (non-hydrogen) atoms. The summed E-state index contributed by atoms with van der Waals surface area (Å²) in [5, 5.41) is 3.63. The van der Waals surface area contributed by atoms with Crippen molar-refractivity contribution in [1.29, 1.82) is 0 Å². The van der Waals surface area contributed by atoms with Gasteiger partial charge in [0.2, 0.25) is 0 Å². The van der Waals surface area contributed by atoms with Crippen LogP contribution in [0.25, 0.3) is 0 Å². The average Bonchev–Trinajstić information content (AvgIpc) is 2.48. The predicted octanol–water partition coefficient (Wildman–Crippen LogP) is 5.26. The summed E-state index contributed by atoms with van der Waals surface area (Å²) in [4.78, 5) is 0. The molecular formula is C18H22BrNO. The lowest BCUT2D eigenvalue weighted by molar-refractivity contribution is 0.340. The third-order valence-corrected chi connectivity index (χ3v) is 4.29. The van der Waals surface area contributed by atoms with Gasteiger partial charge in [-0.25, -0.2) is 0 Å². The molecule has 0 radical (unpaired) electrons. The van der Waals surface area contributed by atoms with Crippen molar-refractivity contribution in [1.82, 2.24) is 5.32 Å². The van der Waals surface area contributed by atoms with Gasteiger partial charge in [-0.3, -0.25) is 0 Å². The van der Waals surface area contributed by atoms with Crippen LogP contribution in [-0.4, -0.2) is 6.61 Å². The molecule has 2 unspecified atom stereocenters. The first-order valence-electron chi connectivity index (χ1n) is 7.35. The quantitative estimate of drug-likeness (QED) is 0.769. The standard InChI is InChI=1S/C18H22BrNO/c1-4-21-16-11-9-15(10-12-16)13(2)20-14(3)17-7-5-6-8-18(17)19/h5-14,20H,4H2,1-3H3. The lowest BCUT2D eigenvalue weighted by Crippen LogP contribution is -2.22. The zero-order chi connectivity index (χ0) is 15.2. The van der Waals surface area contributed by atoms with Crippen LogP contribution in [-0.2, 0) is 0 Å². The SMILES string of the molecule is CCOc1ccc(C(C)NC(C)c2ccccc2Br)cc1. The van der Waals surface area contributed by atoms with Gasteiger partial charge in [0.15, 0.2) is 0 Å². The largest absolute Gasteiger partial charge is 0.494 e. The molecule has 3 heteroatoms. The number of ether oxygens (including phenoxy) is 1. The summed E-state index contributed by atoms with van der Waals surface area (Å²) in [5.74, 6) is 0.923. The minimum atomic E-state index is 0.280. The maximum atomic E-state index is 5.48. The first kappa shape index (κ1) is 16.1. The molecule has 2 rings (SSSR count). The second-order valence-electron chi connectivity index (χ2n) is 5.13. The Labute approximate surface area is 135 Å². The summed E-state index contributed by atoms with van der Waals surface area (Å²) in [6.07, 6.45) is 0. The van der Waals surface area contributed by atoms with Crippen LogP contribution in [0.4, 0.5) is 0 Å². The Hall–Kier alpha value is -1.32. The first-order valence-corrected chi connectivity index (χ1v) is 8.14. The Kier molecular flexibility index (Phi) is 5.83. The zero-order valence-electron chi connectivity index (χ0n) is 12.8. The molecule has 0 spiro atoms. The van der Waals surface area contributed by atoms with Crippen molar-refractivity contribution in [3.63, 3.8) is 0 Å². The van der Waals surface area contributed by atoms with Crippen molar-refractivity contribution in [2.24, 2.45) is 0 Å². The van der Waals surface area contributed by atoms with Gasteiger partial charge in [-0.1, -0.05) is 46.3 Å². The Morgan fingerprint density at radius 2 is 1.67 bits per heavy atom. The lowest BCUT2D eigenvalue weighted by Gasteiger charge is -2.22. The van der Waals surface area contributed by atoms with E-state index in [1.807, 2.05) is 25.1 Å². The minimum Gasteiger partial charge on any atom is -0.494 e.